The number of carbonyl (C=O) groups is 1. The first-order valence-electron chi connectivity index (χ1n) is 4.81. The van der Waals surface area contributed by atoms with E-state index in [0.29, 0.717) is 11.1 Å². The van der Waals surface area contributed by atoms with E-state index < -0.39 is 22.3 Å². The number of carbonyl (C=O) groups excluding carboxylic acids is 1. The summed E-state index contributed by atoms with van der Waals surface area (Å²) >= 11 is 0.899. The lowest BCUT2D eigenvalue weighted by Gasteiger charge is -2.05. The number of nitro groups is 1. The summed E-state index contributed by atoms with van der Waals surface area (Å²) in [6.45, 7) is 0. The van der Waals surface area contributed by atoms with Crippen molar-refractivity contribution < 1.29 is 14.1 Å². The first kappa shape index (κ1) is 12.8. The minimum atomic E-state index is -0.956. The highest BCUT2D eigenvalue weighted by atomic mass is 32.1. The maximum absolute atomic E-state index is 13.2. The van der Waals surface area contributed by atoms with Crippen LogP contribution in [0.2, 0.25) is 0 Å². The number of nitro benzene ring substituents is 1. The van der Waals surface area contributed by atoms with Gasteiger partial charge in [0.15, 0.2) is 5.82 Å². The van der Waals surface area contributed by atoms with Crippen molar-refractivity contribution in [1.82, 2.24) is 9.59 Å². The molecule has 0 fully saturated rings. The number of aromatic nitrogens is 2. The Bertz CT molecular complexity index is 646. The van der Waals surface area contributed by atoms with Crippen molar-refractivity contribution in [2.45, 2.75) is 0 Å². The fraction of sp³-hybridized carbons (Fsp3) is 0. The third-order valence-corrected chi connectivity index (χ3v) is 2.73. The quantitative estimate of drug-likeness (QED) is 0.498. The molecule has 0 aliphatic rings. The number of nitrogen functional groups attached to an aromatic ring is 1. The van der Waals surface area contributed by atoms with E-state index in [9.17, 15) is 19.3 Å². The van der Waals surface area contributed by atoms with Gasteiger partial charge in [0.2, 0.25) is 0 Å². The number of rotatable bonds is 3. The summed E-state index contributed by atoms with van der Waals surface area (Å²) in [5.41, 5.74) is 3.95. The first-order valence-corrected chi connectivity index (χ1v) is 5.58. The van der Waals surface area contributed by atoms with Gasteiger partial charge in [-0.3, -0.25) is 14.9 Å². The molecule has 1 aromatic carbocycles. The van der Waals surface area contributed by atoms with Crippen LogP contribution in [0.1, 0.15) is 10.4 Å². The van der Waals surface area contributed by atoms with Crippen molar-refractivity contribution in [2.75, 3.05) is 11.1 Å². The summed E-state index contributed by atoms with van der Waals surface area (Å²) in [6.07, 6.45) is 1.28. The van der Waals surface area contributed by atoms with Crippen molar-refractivity contribution in [1.29, 1.82) is 0 Å². The Morgan fingerprint density at radius 2 is 2.26 bits per heavy atom. The molecule has 0 aliphatic carbocycles. The predicted molar refractivity (Wildman–Crippen MR) is 65.3 cm³/mol. The fourth-order valence-corrected chi connectivity index (χ4v) is 1.73. The van der Waals surface area contributed by atoms with Crippen molar-refractivity contribution in [2.24, 2.45) is 0 Å². The second-order valence-electron chi connectivity index (χ2n) is 3.38. The van der Waals surface area contributed by atoms with Gasteiger partial charge in [0.05, 0.1) is 22.9 Å². The summed E-state index contributed by atoms with van der Waals surface area (Å²) in [5.74, 6) is -1.74. The maximum Gasteiger partial charge on any atom is 0.285 e. The lowest BCUT2D eigenvalue weighted by molar-refractivity contribution is -0.385. The monoisotopic (exact) mass is 283 g/mol. The molecule has 0 unspecified atom stereocenters. The van der Waals surface area contributed by atoms with E-state index in [-0.39, 0.29) is 11.3 Å². The van der Waals surface area contributed by atoms with E-state index in [1.165, 1.54) is 6.20 Å². The number of halogens is 1. The molecule has 0 atom stereocenters. The zero-order valence-electron chi connectivity index (χ0n) is 9.16. The van der Waals surface area contributed by atoms with Crippen molar-refractivity contribution in [3.63, 3.8) is 0 Å². The Morgan fingerprint density at radius 3 is 2.84 bits per heavy atom. The van der Waals surface area contributed by atoms with Gasteiger partial charge in [-0.2, -0.15) is 0 Å². The molecule has 0 radical (unpaired) electrons. The third kappa shape index (κ3) is 2.63. The van der Waals surface area contributed by atoms with Crippen LogP contribution in [-0.2, 0) is 0 Å². The van der Waals surface area contributed by atoms with E-state index in [2.05, 4.69) is 14.9 Å². The van der Waals surface area contributed by atoms with Crippen LogP contribution in [-0.4, -0.2) is 20.4 Å². The Morgan fingerprint density at radius 1 is 1.53 bits per heavy atom. The molecule has 1 heterocycles. The van der Waals surface area contributed by atoms with E-state index in [1.807, 2.05) is 0 Å². The molecule has 2 rings (SSSR count). The van der Waals surface area contributed by atoms with Gasteiger partial charge in [0.1, 0.15) is 10.6 Å². The molecule has 0 aliphatic heterocycles. The standard InChI is InChI=1S/C9H6FN5O3S/c10-5-2-7(15(17)18)4(1-6(5)11)9(16)13-8-3-12-14-19-8/h1-3H,11H2,(H,13,16). The van der Waals surface area contributed by atoms with Crippen LogP contribution in [0.3, 0.4) is 0 Å². The number of hydrogen-bond donors (Lipinski definition) is 2. The van der Waals surface area contributed by atoms with Gasteiger partial charge in [-0.05, 0) is 6.07 Å². The number of amides is 1. The van der Waals surface area contributed by atoms with Gasteiger partial charge in [-0.25, -0.2) is 4.39 Å². The van der Waals surface area contributed by atoms with Crippen LogP contribution in [0.15, 0.2) is 18.3 Å². The number of anilines is 2. The Hall–Kier alpha value is -2.62. The van der Waals surface area contributed by atoms with Crippen LogP contribution in [0, 0.1) is 15.9 Å². The van der Waals surface area contributed by atoms with E-state index >= 15 is 0 Å². The second kappa shape index (κ2) is 4.94. The Kier molecular flexibility index (Phi) is 3.33. The third-order valence-electron chi connectivity index (χ3n) is 2.15. The summed E-state index contributed by atoms with van der Waals surface area (Å²) in [5, 5.41) is 16.9. The van der Waals surface area contributed by atoms with Gasteiger partial charge in [-0.1, -0.05) is 4.49 Å². The molecular formula is C9H6FN5O3S. The number of hydrogen-bond acceptors (Lipinski definition) is 7. The highest BCUT2D eigenvalue weighted by Crippen LogP contribution is 2.25. The summed E-state index contributed by atoms with van der Waals surface area (Å²) in [6, 6.07) is 1.52. The van der Waals surface area contributed by atoms with Gasteiger partial charge in [0, 0.05) is 11.5 Å². The maximum atomic E-state index is 13.2. The van der Waals surface area contributed by atoms with Crippen molar-refractivity contribution in [3.05, 3.63) is 39.8 Å². The first-order chi connectivity index (χ1) is 8.99. The Labute approximate surface area is 109 Å². The van der Waals surface area contributed by atoms with Crippen LogP contribution in [0.25, 0.3) is 0 Å². The molecule has 0 spiro atoms. The number of nitrogens with zero attached hydrogens (tertiary/aromatic N) is 3. The molecule has 98 valence electrons. The smallest absolute Gasteiger partial charge is 0.285 e. The lowest BCUT2D eigenvalue weighted by atomic mass is 10.1. The minimum absolute atomic E-state index is 0.308. The summed E-state index contributed by atoms with van der Waals surface area (Å²) < 4.78 is 16.7. The van der Waals surface area contributed by atoms with Crippen LogP contribution in [0.4, 0.5) is 20.8 Å². The molecule has 1 amide bonds. The molecule has 8 nitrogen and oxygen atoms in total. The van der Waals surface area contributed by atoms with E-state index in [1.54, 1.807) is 0 Å². The largest absolute Gasteiger partial charge is 0.396 e. The zero-order chi connectivity index (χ0) is 14.0. The zero-order valence-corrected chi connectivity index (χ0v) is 9.98. The molecule has 2 aromatic rings. The molecule has 0 saturated heterocycles. The summed E-state index contributed by atoms with van der Waals surface area (Å²) in [7, 11) is 0. The second-order valence-corrected chi connectivity index (χ2v) is 4.17. The summed E-state index contributed by atoms with van der Waals surface area (Å²) in [4.78, 5) is 21.8. The molecule has 1 aromatic heterocycles. The van der Waals surface area contributed by atoms with Crippen LogP contribution in [0.5, 0.6) is 0 Å². The minimum Gasteiger partial charge on any atom is -0.396 e. The van der Waals surface area contributed by atoms with Crippen LogP contribution < -0.4 is 11.1 Å². The fourth-order valence-electron chi connectivity index (χ4n) is 1.31. The molecule has 3 N–H and O–H groups in total. The Balaban J connectivity index is 2.40. The number of nitrogens with two attached hydrogens (primary N) is 1. The van der Waals surface area contributed by atoms with Crippen LogP contribution >= 0.6 is 11.5 Å². The average Bonchev–Trinajstić information content (AvgIpc) is 2.84. The number of nitrogens with one attached hydrogen (secondary N) is 1. The molecule has 10 heteroatoms. The van der Waals surface area contributed by atoms with Crippen molar-refractivity contribution in [3.8, 4) is 0 Å². The van der Waals surface area contributed by atoms with Gasteiger partial charge >= 0.3 is 0 Å². The molecule has 0 saturated carbocycles. The average molecular weight is 283 g/mol. The molecule has 0 bridgehead atoms. The van der Waals surface area contributed by atoms with Gasteiger partial charge in [0.25, 0.3) is 11.6 Å². The molecular weight excluding hydrogens is 277 g/mol. The highest BCUT2D eigenvalue weighted by molar-refractivity contribution is 7.10. The molecule has 19 heavy (non-hydrogen) atoms. The predicted octanol–water partition coefficient (Wildman–Crippen LogP) is 1.42. The topological polar surface area (TPSA) is 124 Å². The van der Waals surface area contributed by atoms with Gasteiger partial charge in [-0.15, -0.1) is 5.10 Å². The van der Waals surface area contributed by atoms with Crippen molar-refractivity contribution >= 4 is 33.8 Å². The number of benzene rings is 1. The normalized spacial score (nSPS) is 10.2. The highest BCUT2D eigenvalue weighted by Gasteiger charge is 2.23. The lowest BCUT2D eigenvalue weighted by Crippen LogP contribution is -2.14. The van der Waals surface area contributed by atoms with E-state index in [0.717, 1.165) is 17.6 Å². The SMILES string of the molecule is Nc1cc(C(=O)Nc2cnns2)c([N+](=O)[O-])cc1F. The van der Waals surface area contributed by atoms with E-state index in [4.69, 9.17) is 5.73 Å². The van der Waals surface area contributed by atoms with Gasteiger partial charge < -0.3 is 11.1 Å².